The van der Waals surface area contributed by atoms with Gasteiger partial charge in [-0.3, -0.25) is 4.79 Å². The van der Waals surface area contributed by atoms with Crippen molar-refractivity contribution in [1.82, 2.24) is 5.32 Å². The van der Waals surface area contributed by atoms with Gasteiger partial charge >= 0.3 is 0 Å². The zero-order valence-electron chi connectivity index (χ0n) is 10.5. The molecule has 0 heterocycles. The van der Waals surface area contributed by atoms with Crippen LogP contribution >= 0.6 is 23.2 Å². The van der Waals surface area contributed by atoms with Gasteiger partial charge in [0.2, 0.25) is 0 Å². The number of carbonyl (C=O) groups is 1. The number of hydrogen-bond donors (Lipinski definition) is 2. The van der Waals surface area contributed by atoms with Crippen LogP contribution in [0.1, 0.15) is 36.0 Å². The quantitative estimate of drug-likeness (QED) is 0.900. The summed E-state index contributed by atoms with van der Waals surface area (Å²) in [6, 6.07) is 5.20. The summed E-state index contributed by atoms with van der Waals surface area (Å²) >= 11 is 11.9. The predicted molar refractivity (Wildman–Crippen MR) is 76.8 cm³/mol. The maximum absolute atomic E-state index is 12.1. The lowest BCUT2D eigenvalue weighted by atomic mass is 9.86. The monoisotopic (exact) mass is 301 g/mol. The van der Waals surface area contributed by atoms with Gasteiger partial charge in [0, 0.05) is 12.6 Å². The Kier molecular flexibility index (Phi) is 5.08. The van der Waals surface area contributed by atoms with Crippen LogP contribution in [0.2, 0.25) is 10.0 Å². The summed E-state index contributed by atoms with van der Waals surface area (Å²) in [5.74, 6) is 0.197. The molecule has 1 aromatic rings. The van der Waals surface area contributed by atoms with E-state index in [-0.39, 0.29) is 18.6 Å². The molecule has 104 valence electrons. The molecule has 2 N–H and O–H groups in total. The molecular weight excluding hydrogens is 285 g/mol. The van der Waals surface area contributed by atoms with Gasteiger partial charge in [0.1, 0.15) is 0 Å². The lowest BCUT2D eigenvalue weighted by Gasteiger charge is -2.28. The summed E-state index contributed by atoms with van der Waals surface area (Å²) in [6.07, 6.45) is 3.69. The average Bonchev–Trinajstić information content (AvgIpc) is 2.42. The van der Waals surface area contributed by atoms with E-state index in [2.05, 4.69) is 5.32 Å². The summed E-state index contributed by atoms with van der Waals surface area (Å²) in [6.45, 7) is 0.237. The van der Waals surface area contributed by atoms with Gasteiger partial charge in [0.25, 0.3) is 5.91 Å². The number of hydrogen-bond acceptors (Lipinski definition) is 2. The first kappa shape index (κ1) is 14.6. The highest BCUT2D eigenvalue weighted by Gasteiger charge is 2.23. The molecule has 3 nitrogen and oxygen atoms in total. The maximum atomic E-state index is 12.1. The van der Waals surface area contributed by atoms with Gasteiger partial charge < -0.3 is 10.4 Å². The van der Waals surface area contributed by atoms with E-state index in [1.165, 1.54) is 0 Å². The highest BCUT2D eigenvalue weighted by atomic mass is 35.5. The first-order chi connectivity index (χ1) is 9.11. The third kappa shape index (κ3) is 3.62. The Morgan fingerprint density at radius 1 is 1.26 bits per heavy atom. The fourth-order valence-corrected chi connectivity index (χ4v) is 2.82. The standard InChI is InChI=1S/C14H17Cl2NO2/c15-12-3-1-2-11(13(12)16)14(19)17-10-6-4-9(8-18)5-7-10/h1-3,9-10,18H,4-8H2,(H,17,19). The zero-order valence-corrected chi connectivity index (χ0v) is 12.0. The van der Waals surface area contributed by atoms with Gasteiger partial charge in [0.15, 0.2) is 0 Å². The van der Waals surface area contributed by atoms with E-state index in [0.717, 1.165) is 25.7 Å². The Bertz CT molecular complexity index is 457. The molecule has 1 amide bonds. The summed E-state index contributed by atoms with van der Waals surface area (Å²) in [4.78, 5) is 12.1. The number of carbonyl (C=O) groups excluding carboxylic acids is 1. The molecule has 0 aromatic heterocycles. The number of nitrogens with one attached hydrogen (secondary N) is 1. The van der Waals surface area contributed by atoms with Gasteiger partial charge in [-0.25, -0.2) is 0 Å². The van der Waals surface area contributed by atoms with Crippen LogP contribution in [0.15, 0.2) is 18.2 Å². The third-order valence-corrected chi connectivity index (χ3v) is 4.46. The van der Waals surface area contributed by atoms with Crippen LogP contribution in [0.3, 0.4) is 0 Å². The molecule has 0 saturated heterocycles. The number of aliphatic hydroxyl groups excluding tert-OH is 1. The lowest BCUT2D eigenvalue weighted by molar-refractivity contribution is 0.0914. The van der Waals surface area contributed by atoms with Gasteiger partial charge in [0.05, 0.1) is 15.6 Å². The summed E-state index contributed by atoms with van der Waals surface area (Å²) in [7, 11) is 0. The van der Waals surface area contributed by atoms with Crippen molar-refractivity contribution in [2.45, 2.75) is 31.7 Å². The fourth-order valence-electron chi connectivity index (χ4n) is 2.43. The second kappa shape index (κ2) is 6.60. The van der Waals surface area contributed by atoms with Crippen molar-refractivity contribution in [1.29, 1.82) is 0 Å². The number of halogens is 2. The van der Waals surface area contributed by atoms with E-state index >= 15 is 0 Å². The first-order valence-corrected chi connectivity index (χ1v) is 7.23. The first-order valence-electron chi connectivity index (χ1n) is 6.47. The largest absolute Gasteiger partial charge is 0.396 e. The predicted octanol–water partition coefficient (Wildman–Crippen LogP) is 3.27. The minimum absolute atomic E-state index is 0.158. The Morgan fingerprint density at radius 3 is 2.58 bits per heavy atom. The molecule has 1 saturated carbocycles. The van der Waals surface area contributed by atoms with Crippen molar-refractivity contribution in [2.24, 2.45) is 5.92 Å². The number of aliphatic hydroxyl groups is 1. The van der Waals surface area contributed by atoms with Crippen LogP contribution in [0, 0.1) is 5.92 Å². The van der Waals surface area contributed by atoms with Crippen molar-refractivity contribution in [3.63, 3.8) is 0 Å². The minimum Gasteiger partial charge on any atom is -0.396 e. The summed E-state index contributed by atoms with van der Waals surface area (Å²) < 4.78 is 0. The molecule has 0 radical (unpaired) electrons. The van der Waals surface area contributed by atoms with Crippen LogP contribution < -0.4 is 5.32 Å². The van der Waals surface area contributed by atoms with Gasteiger partial charge in [-0.15, -0.1) is 0 Å². The molecule has 0 unspecified atom stereocenters. The summed E-state index contributed by atoms with van der Waals surface area (Å²) in [5, 5.41) is 12.8. The zero-order chi connectivity index (χ0) is 13.8. The molecule has 0 bridgehead atoms. The van der Waals surface area contributed by atoms with Crippen molar-refractivity contribution in [3.8, 4) is 0 Å². The van der Waals surface area contributed by atoms with Crippen molar-refractivity contribution in [3.05, 3.63) is 33.8 Å². The van der Waals surface area contributed by atoms with E-state index in [1.54, 1.807) is 18.2 Å². The Morgan fingerprint density at radius 2 is 1.95 bits per heavy atom. The van der Waals surface area contributed by atoms with Crippen LogP contribution in [0.5, 0.6) is 0 Å². The maximum Gasteiger partial charge on any atom is 0.253 e. The topological polar surface area (TPSA) is 49.3 Å². The molecule has 1 fully saturated rings. The van der Waals surface area contributed by atoms with Crippen molar-refractivity contribution in [2.75, 3.05) is 6.61 Å². The Hall–Kier alpha value is -0.770. The Balaban J connectivity index is 1.96. The molecule has 0 spiro atoms. The van der Waals surface area contributed by atoms with Gasteiger partial charge in [-0.2, -0.15) is 0 Å². The highest BCUT2D eigenvalue weighted by Crippen LogP contribution is 2.27. The SMILES string of the molecule is O=C(NC1CCC(CO)CC1)c1cccc(Cl)c1Cl. The van der Waals surface area contributed by atoms with Crippen LogP contribution in [-0.4, -0.2) is 23.7 Å². The number of rotatable bonds is 3. The second-order valence-corrected chi connectivity index (χ2v) is 5.76. The number of benzene rings is 1. The Labute approximate surface area is 122 Å². The molecule has 2 rings (SSSR count). The van der Waals surface area contributed by atoms with Crippen LogP contribution in [0.4, 0.5) is 0 Å². The second-order valence-electron chi connectivity index (χ2n) is 4.98. The molecule has 5 heteroatoms. The molecular formula is C14H17Cl2NO2. The minimum atomic E-state index is -0.181. The molecule has 0 aliphatic heterocycles. The van der Waals surface area contributed by atoms with Crippen molar-refractivity contribution >= 4 is 29.1 Å². The molecule has 19 heavy (non-hydrogen) atoms. The van der Waals surface area contributed by atoms with Gasteiger partial charge in [-0.1, -0.05) is 29.3 Å². The van der Waals surface area contributed by atoms with E-state index in [9.17, 15) is 4.79 Å². The third-order valence-electron chi connectivity index (χ3n) is 3.64. The van der Waals surface area contributed by atoms with E-state index in [4.69, 9.17) is 28.3 Å². The fraction of sp³-hybridized carbons (Fsp3) is 0.500. The van der Waals surface area contributed by atoms with E-state index in [0.29, 0.717) is 21.5 Å². The van der Waals surface area contributed by atoms with Crippen molar-refractivity contribution < 1.29 is 9.90 Å². The van der Waals surface area contributed by atoms with Crippen LogP contribution in [-0.2, 0) is 0 Å². The lowest BCUT2D eigenvalue weighted by Crippen LogP contribution is -2.38. The average molecular weight is 302 g/mol. The van der Waals surface area contributed by atoms with E-state index < -0.39 is 0 Å². The molecule has 0 atom stereocenters. The normalized spacial score (nSPS) is 23.1. The van der Waals surface area contributed by atoms with E-state index in [1.807, 2.05) is 0 Å². The smallest absolute Gasteiger partial charge is 0.253 e. The highest BCUT2D eigenvalue weighted by molar-refractivity contribution is 6.43. The molecule has 1 aromatic carbocycles. The number of amides is 1. The molecule has 1 aliphatic rings. The van der Waals surface area contributed by atoms with Gasteiger partial charge in [-0.05, 0) is 43.7 Å². The summed E-state index contributed by atoms with van der Waals surface area (Å²) in [5.41, 5.74) is 0.415. The van der Waals surface area contributed by atoms with Crippen LogP contribution in [0.25, 0.3) is 0 Å². The molecule has 1 aliphatic carbocycles.